The molecule has 0 saturated heterocycles. The minimum Gasteiger partial charge on any atom is -0.329 e. The van der Waals surface area contributed by atoms with E-state index in [1.165, 1.54) is 0 Å². The molecule has 0 aliphatic rings. The number of nitrogens with one attached hydrogen (secondary N) is 1. The molecule has 0 bridgehead atoms. The first kappa shape index (κ1) is 18.0. The fourth-order valence-corrected chi connectivity index (χ4v) is 2.64. The van der Waals surface area contributed by atoms with Gasteiger partial charge in [0.15, 0.2) is 11.6 Å². The summed E-state index contributed by atoms with van der Waals surface area (Å²) in [6, 6.07) is 0.923. The second kappa shape index (κ2) is 7.80. The Morgan fingerprint density at radius 2 is 1.48 bits per heavy atom. The summed E-state index contributed by atoms with van der Waals surface area (Å²) in [6.07, 6.45) is 0. The first-order chi connectivity index (χ1) is 9.77. The summed E-state index contributed by atoms with van der Waals surface area (Å²) >= 11 is 0. The second-order valence-electron chi connectivity index (χ2n) is 6.14. The topological polar surface area (TPSA) is 38.0 Å². The van der Waals surface area contributed by atoms with E-state index in [0.29, 0.717) is 30.4 Å². The minimum atomic E-state index is -1.19. The molecule has 120 valence electrons. The largest absolute Gasteiger partial charge is 0.329 e. The van der Waals surface area contributed by atoms with E-state index in [2.05, 4.69) is 33.0 Å². The maximum absolute atomic E-state index is 13.8. The molecule has 0 fully saturated rings. The Balaban J connectivity index is 2.87. The highest BCUT2D eigenvalue weighted by Gasteiger charge is 2.22. The van der Waals surface area contributed by atoms with Gasteiger partial charge in [0.2, 0.25) is 0 Å². The molecule has 0 aromatic heterocycles. The number of benzene rings is 1. The highest BCUT2D eigenvalue weighted by atomic mass is 19.2. The molecule has 0 amide bonds. The van der Waals surface area contributed by atoms with Crippen LogP contribution >= 0.6 is 0 Å². The average Bonchev–Trinajstić information content (AvgIpc) is 2.38. The molecule has 2 nitrogen and oxygen atoms in total. The van der Waals surface area contributed by atoms with Crippen molar-refractivity contribution in [1.82, 2.24) is 5.32 Å². The van der Waals surface area contributed by atoms with Crippen LogP contribution in [0.4, 0.5) is 13.2 Å². The second-order valence-corrected chi connectivity index (χ2v) is 6.14. The van der Waals surface area contributed by atoms with E-state index in [1.807, 2.05) is 0 Å². The Labute approximate surface area is 124 Å². The molecule has 5 heteroatoms. The maximum Gasteiger partial charge on any atom is 0.161 e. The van der Waals surface area contributed by atoms with Crippen LogP contribution in [0.15, 0.2) is 12.1 Å². The van der Waals surface area contributed by atoms with Gasteiger partial charge in [0.05, 0.1) is 0 Å². The number of hydrogen-bond donors (Lipinski definition) is 2. The number of nitrogens with two attached hydrogens (primary N) is 1. The quantitative estimate of drug-likeness (QED) is 0.755. The Morgan fingerprint density at radius 1 is 0.952 bits per heavy atom. The van der Waals surface area contributed by atoms with Gasteiger partial charge >= 0.3 is 0 Å². The molecule has 1 aromatic carbocycles. The van der Waals surface area contributed by atoms with Gasteiger partial charge < -0.3 is 11.1 Å². The Bertz CT molecular complexity index is 453. The van der Waals surface area contributed by atoms with Crippen LogP contribution in [0.3, 0.4) is 0 Å². The van der Waals surface area contributed by atoms with E-state index in [9.17, 15) is 13.2 Å². The van der Waals surface area contributed by atoms with Crippen molar-refractivity contribution in [3.8, 4) is 0 Å². The van der Waals surface area contributed by atoms with Crippen molar-refractivity contribution in [3.63, 3.8) is 0 Å². The van der Waals surface area contributed by atoms with Gasteiger partial charge in [-0.2, -0.15) is 0 Å². The summed E-state index contributed by atoms with van der Waals surface area (Å²) < 4.78 is 40.1. The number of halogens is 3. The highest BCUT2D eigenvalue weighted by molar-refractivity contribution is 5.23. The summed E-state index contributed by atoms with van der Waals surface area (Å²) in [4.78, 5) is 0. The lowest BCUT2D eigenvalue weighted by molar-refractivity contribution is 0.265. The van der Waals surface area contributed by atoms with Crippen molar-refractivity contribution in [2.45, 2.75) is 33.7 Å². The van der Waals surface area contributed by atoms with Crippen molar-refractivity contribution in [2.75, 3.05) is 13.1 Å². The maximum atomic E-state index is 13.8. The lowest BCUT2D eigenvalue weighted by Crippen LogP contribution is -2.36. The van der Waals surface area contributed by atoms with Crippen molar-refractivity contribution < 1.29 is 13.2 Å². The lowest BCUT2D eigenvalue weighted by atomic mass is 9.85. The number of hydrogen-bond acceptors (Lipinski definition) is 2. The van der Waals surface area contributed by atoms with Gasteiger partial charge in [-0.1, -0.05) is 27.7 Å². The molecular formula is C16H25F3N2. The SMILES string of the molecule is CC(C)C(CNC(CN)c1cc(F)c(F)cc1F)C(C)C. The first-order valence-electron chi connectivity index (χ1n) is 7.35. The molecule has 1 unspecified atom stereocenters. The fourth-order valence-electron chi connectivity index (χ4n) is 2.64. The van der Waals surface area contributed by atoms with Gasteiger partial charge in [0.25, 0.3) is 0 Å². The van der Waals surface area contributed by atoms with Crippen LogP contribution in [-0.2, 0) is 0 Å². The van der Waals surface area contributed by atoms with E-state index in [-0.39, 0.29) is 12.1 Å². The van der Waals surface area contributed by atoms with E-state index >= 15 is 0 Å². The molecule has 1 rings (SSSR count). The van der Waals surface area contributed by atoms with E-state index in [1.54, 1.807) is 0 Å². The van der Waals surface area contributed by atoms with Crippen LogP contribution in [0.2, 0.25) is 0 Å². The van der Waals surface area contributed by atoms with E-state index in [0.717, 1.165) is 6.07 Å². The minimum absolute atomic E-state index is 0.0719. The molecule has 0 saturated carbocycles. The molecule has 1 aromatic rings. The molecule has 1 atom stereocenters. The average molecular weight is 302 g/mol. The van der Waals surface area contributed by atoms with E-state index < -0.39 is 23.5 Å². The van der Waals surface area contributed by atoms with Crippen molar-refractivity contribution in [1.29, 1.82) is 0 Å². The fraction of sp³-hybridized carbons (Fsp3) is 0.625. The van der Waals surface area contributed by atoms with Gasteiger partial charge in [0.1, 0.15) is 5.82 Å². The highest BCUT2D eigenvalue weighted by Crippen LogP contribution is 2.23. The Hall–Kier alpha value is -1.07. The molecule has 0 heterocycles. The van der Waals surface area contributed by atoms with Gasteiger partial charge in [0, 0.05) is 24.2 Å². The van der Waals surface area contributed by atoms with E-state index in [4.69, 9.17) is 5.73 Å². The lowest BCUT2D eigenvalue weighted by Gasteiger charge is -2.28. The van der Waals surface area contributed by atoms with Crippen LogP contribution < -0.4 is 11.1 Å². The molecule has 21 heavy (non-hydrogen) atoms. The molecule has 0 aliphatic heterocycles. The van der Waals surface area contributed by atoms with Gasteiger partial charge in [-0.25, -0.2) is 13.2 Å². The zero-order chi connectivity index (χ0) is 16.2. The zero-order valence-electron chi connectivity index (χ0n) is 13.1. The predicted molar refractivity (Wildman–Crippen MR) is 79.3 cm³/mol. The molecule has 0 spiro atoms. The molecular weight excluding hydrogens is 277 g/mol. The molecule has 3 N–H and O–H groups in total. The predicted octanol–water partition coefficient (Wildman–Crippen LogP) is 3.62. The zero-order valence-corrected chi connectivity index (χ0v) is 13.1. The van der Waals surface area contributed by atoms with Crippen LogP contribution in [0.1, 0.15) is 39.3 Å². The van der Waals surface area contributed by atoms with Crippen LogP contribution in [0.25, 0.3) is 0 Å². The van der Waals surface area contributed by atoms with Crippen LogP contribution in [0.5, 0.6) is 0 Å². The van der Waals surface area contributed by atoms with Crippen molar-refractivity contribution >= 4 is 0 Å². The number of rotatable bonds is 7. The molecule has 0 radical (unpaired) electrons. The summed E-state index contributed by atoms with van der Waals surface area (Å²) in [6.45, 7) is 9.27. The molecule has 0 aliphatic carbocycles. The van der Waals surface area contributed by atoms with Crippen molar-refractivity contribution in [2.24, 2.45) is 23.5 Å². The third-order valence-corrected chi connectivity index (χ3v) is 3.96. The van der Waals surface area contributed by atoms with Crippen LogP contribution in [0, 0.1) is 35.2 Å². The van der Waals surface area contributed by atoms with Gasteiger partial charge in [-0.05, 0) is 30.4 Å². The van der Waals surface area contributed by atoms with Gasteiger partial charge in [-0.3, -0.25) is 0 Å². The Kier molecular flexibility index (Phi) is 6.68. The summed E-state index contributed by atoms with van der Waals surface area (Å²) in [5.41, 5.74) is 5.73. The Morgan fingerprint density at radius 3 is 1.95 bits per heavy atom. The normalized spacial score (nSPS) is 13.5. The van der Waals surface area contributed by atoms with Crippen LogP contribution in [-0.4, -0.2) is 13.1 Å². The third kappa shape index (κ3) is 4.71. The monoisotopic (exact) mass is 302 g/mol. The summed E-state index contributed by atoms with van der Waals surface area (Å²) in [5.74, 6) is -1.70. The smallest absolute Gasteiger partial charge is 0.161 e. The third-order valence-electron chi connectivity index (χ3n) is 3.96. The standard InChI is InChI=1S/C16H25F3N2/c1-9(2)12(10(3)4)8-21-16(7-20)11-5-14(18)15(19)6-13(11)17/h5-6,9-10,12,16,21H,7-8,20H2,1-4H3. The summed E-state index contributed by atoms with van der Waals surface area (Å²) in [7, 11) is 0. The van der Waals surface area contributed by atoms with Gasteiger partial charge in [-0.15, -0.1) is 0 Å². The summed E-state index contributed by atoms with van der Waals surface area (Å²) in [5, 5.41) is 3.18. The van der Waals surface area contributed by atoms with Crippen molar-refractivity contribution in [3.05, 3.63) is 35.1 Å². The first-order valence-corrected chi connectivity index (χ1v) is 7.35.